The molecule has 0 spiro atoms. The third-order valence-electron chi connectivity index (χ3n) is 4.20. The topological polar surface area (TPSA) is 143 Å². The quantitative estimate of drug-likeness (QED) is 0.478. The molecule has 1 aromatic heterocycles. The SMILES string of the molecule is CNC(=O)[C@H]1O[C@@H](Oc2nc(OCc3ccccc3)ncc2F)[C@H](O)[C@@H](O)[C@@H]1O. The fourth-order valence-electron chi connectivity index (χ4n) is 2.62. The van der Waals surface area contributed by atoms with Crippen LogP contribution in [0.3, 0.4) is 0 Å². The largest absolute Gasteiger partial charge is 0.459 e. The van der Waals surface area contributed by atoms with Crippen LogP contribution < -0.4 is 14.8 Å². The average molecular weight is 409 g/mol. The van der Waals surface area contributed by atoms with Gasteiger partial charge in [-0.05, 0) is 5.56 Å². The van der Waals surface area contributed by atoms with Crippen molar-refractivity contribution in [2.45, 2.75) is 37.3 Å². The first-order valence-corrected chi connectivity index (χ1v) is 8.68. The highest BCUT2D eigenvalue weighted by Crippen LogP contribution is 2.25. The summed E-state index contributed by atoms with van der Waals surface area (Å²) in [7, 11) is 1.30. The molecule has 2 aromatic rings. The van der Waals surface area contributed by atoms with Gasteiger partial charge in [0.25, 0.3) is 11.8 Å². The zero-order chi connectivity index (χ0) is 21.0. The number of carbonyl (C=O) groups excluding carboxylic acids is 1. The van der Waals surface area contributed by atoms with E-state index >= 15 is 0 Å². The molecule has 1 aliphatic heterocycles. The van der Waals surface area contributed by atoms with Crippen molar-refractivity contribution in [3.63, 3.8) is 0 Å². The summed E-state index contributed by atoms with van der Waals surface area (Å²) >= 11 is 0. The van der Waals surface area contributed by atoms with Gasteiger partial charge in [-0.25, -0.2) is 4.98 Å². The lowest BCUT2D eigenvalue weighted by Crippen LogP contribution is -2.62. The minimum absolute atomic E-state index is 0.123. The smallest absolute Gasteiger partial charge is 0.320 e. The lowest BCUT2D eigenvalue weighted by Gasteiger charge is -2.39. The number of hydrogen-bond donors (Lipinski definition) is 4. The summed E-state index contributed by atoms with van der Waals surface area (Å²) < 4.78 is 29.9. The van der Waals surface area contributed by atoms with Gasteiger partial charge in [-0.3, -0.25) is 4.79 Å². The van der Waals surface area contributed by atoms with Gasteiger partial charge in [-0.15, -0.1) is 0 Å². The van der Waals surface area contributed by atoms with Crippen molar-refractivity contribution in [2.75, 3.05) is 7.05 Å². The zero-order valence-corrected chi connectivity index (χ0v) is 15.3. The Morgan fingerprint density at radius 2 is 1.93 bits per heavy atom. The molecule has 1 aliphatic rings. The molecule has 0 saturated carbocycles. The molecule has 2 heterocycles. The summed E-state index contributed by atoms with van der Waals surface area (Å²) in [4.78, 5) is 19.3. The standard InChI is InChI=1S/C18H20FN3O7/c1-20-15(26)14-12(24)11(23)13(25)17(28-14)29-16-10(19)7-21-18(22-16)27-8-9-5-3-2-4-6-9/h2-7,11-14,17,23-25H,8H2,1H3,(H,20,26)/t11-,12-,13+,14-,17-/m0/s1. The first-order chi connectivity index (χ1) is 13.9. The number of aliphatic hydroxyl groups excluding tert-OH is 3. The van der Waals surface area contributed by atoms with E-state index in [1.807, 2.05) is 30.3 Å². The van der Waals surface area contributed by atoms with Crippen LogP contribution in [0.1, 0.15) is 5.56 Å². The summed E-state index contributed by atoms with van der Waals surface area (Å²) in [6, 6.07) is 8.93. The minimum atomic E-state index is -1.77. The summed E-state index contributed by atoms with van der Waals surface area (Å²) in [6.45, 7) is 0.123. The number of carbonyl (C=O) groups is 1. The van der Waals surface area contributed by atoms with Crippen LogP contribution in [-0.4, -0.2) is 68.9 Å². The van der Waals surface area contributed by atoms with Crippen molar-refractivity contribution in [1.29, 1.82) is 0 Å². The van der Waals surface area contributed by atoms with Crippen molar-refractivity contribution in [2.24, 2.45) is 0 Å². The van der Waals surface area contributed by atoms with Crippen molar-refractivity contribution >= 4 is 5.91 Å². The Kier molecular flexibility index (Phi) is 6.54. The Morgan fingerprint density at radius 3 is 2.62 bits per heavy atom. The number of ether oxygens (including phenoxy) is 3. The first kappa shape index (κ1) is 20.9. The van der Waals surface area contributed by atoms with Crippen LogP contribution in [-0.2, 0) is 16.1 Å². The molecule has 11 heteroatoms. The molecule has 0 aliphatic carbocycles. The van der Waals surface area contributed by atoms with Gasteiger partial charge in [-0.2, -0.15) is 9.37 Å². The molecule has 1 amide bonds. The predicted molar refractivity (Wildman–Crippen MR) is 94.1 cm³/mol. The Hall–Kier alpha value is -2.86. The van der Waals surface area contributed by atoms with Crippen molar-refractivity contribution in [3.8, 4) is 11.9 Å². The molecule has 0 bridgehead atoms. The molecular weight excluding hydrogens is 389 g/mol. The predicted octanol–water partition coefficient (Wildman–Crippen LogP) is -0.873. The number of nitrogens with zero attached hydrogens (tertiary/aromatic N) is 2. The van der Waals surface area contributed by atoms with E-state index in [9.17, 15) is 24.5 Å². The Balaban J connectivity index is 1.73. The van der Waals surface area contributed by atoms with E-state index in [-0.39, 0.29) is 12.6 Å². The molecule has 0 unspecified atom stereocenters. The highest BCUT2D eigenvalue weighted by molar-refractivity contribution is 5.81. The van der Waals surface area contributed by atoms with Gasteiger partial charge in [0, 0.05) is 7.05 Å². The van der Waals surface area contributed by atoms with Crippen LogP contribution in [0, 0.1) is 5.82 Å². The second-order valence-corrected chi connectivity index (χ2v) is 6.21. The second-order valence-electron chi connectivity index (χ2n) is 6.21. The molecular formula is C18H20FN3O7. The third-order valence-corrected chi connectivity index (χ3v) is 4.20. The van der Waals surface area contributed by atoms with Crippen LogP contribution in [0.5, 0.6) is 11.9 Å². The summed E-state index contributed by atoms with van der Waals surface area (Å²) in [5, 5.41) is 32.2. The molecule has 4 N–H and O–H groups in total. The molecule has 1 aromatic carbocycles. The lowest BCUT2D eigenvalue weighted by atomic mass is 9.98. The van der Waals surface area contributed by atoms with Gasteiger partial charge in [0.15, 0.2) is 6.10 Å². The first-order valence-electron chi connectivity index (χ1n) is 8.68. The fourth-order valence-corrected chi connectivity index (χ4v) is 2.62. The molecule has 1 saturated heterocycles. The van der Waals surface area contributed by atoms with E-state index in [2.05, 4.69) is 15.3 Å². The molecule has 0 radical (unpaired) electrons. The number of likely N-dealkylation sites (N-methyl/N-ethyl adjacent to an activating group) is 1. The van der Waals surface area contributed by atoms with E-state index < -0.39 is 48.3 Å². The monoisotopic (exact) mass is 409 g/mol. The van der Waals surface area contributed by atoms with E-state index in [4.69, 9.17) is 14.2 Å². The van der Waals surface area contributed by atoms with E-state index in [1.54, 1.807) is 0 Å². The third kappa shape index (κ3) is 4.77. The van der Waals surface area contributed by atoms with Crippen LogP contribution in [0.4, 0.5) is 4.39 Å². The number of nitrogens with one attached hydrogen (secondary N) is 1. The highest BCUT2D eigenvalue weighted by Gasteiger charge is 2.48. The Labute approximate surface area is 164 Å². The Bertz CT molecular complexity index is 841. The van der Waals surface area contributed by atoms with Crippen molar-refractivity contribution < 1.29 is 38.7 Å². The number of halogens is 1. The molecule has 1 fully saturated rings. The molecule has 29 heavy (non-hydrogen) atoms. The maximum absolute atomic E-state index is 14.1. The van der Waals surface area contributed by atoms with Crippen LogP contribution in [0.2, 0.25) is 0 Å². The maximum Gasteiger partial charge on any atom is 0.320 e. The molecule has 10 nitrogen and oxygen atoms in total. The number of aliphatic hydroxyl groups is 3. The van der Waals surface area contributed by atoms with Gasteiger partial charge >= 0.3 is 6.01 Å². The second kappa shape index (κ2) is 9.09. The minimum Gasteiger partial charge on any atom is -0.459 e. The van der Waals surface area contributed by atoms with Crippen LogP contribution in [0.25, 0.3) is 0 Å². The van der Waals surface area contributed by atoms with Gasteiger partial charge in [-0.1, -0.05) is 30.3 Å². The number of hydrogen-bond acceptors (Lipinski definition) is 9. The summed E-state index contributed by atoms with van der Waals surface area (Å²) in [5.74, 6) is -2.36. The van der Waals surface area contributed by atoms with Crippen LogP contribution >= 0.6 is 0 Å². The van der Waals surface area contributed by atoms with Gasteiger partial charge in [0.2, 0.25) is 12.1 Å². The van der Waals surface area contributed by atoms with Gasteiger partial charge < -0.3 is 34.8 Å². The van der Waals surface area contributed by atoms with Gasteiger partial charge in [0.1, 0.15) is 24.9 Å². The summed E-state index contributed by atoms with van der Waals surface area (Å²) in [6.07, 6.45) is -7.66. The van der Waals surface area contributed by atoms with Crippen molar-refractivity contribution in [1.82, 2.24) is 15.3 Å². The number of benzene rings is 1. The van der Waals surface area contributed by atoms with E-state index in [0.29, 0.717) is 0 Å². The highest BCUT2D eigenvalue weighted by atomic mass is 19.1. The Morgan fingerprint density at radius 1 is 1.21 bits per heavy atom. The molecule has 3 rings (SSSR count). The lowest BCUT2D eigenvalue weighted by molar-refractivity contribution is -0.267. The number of rotatable bonds is 6. The number of amides is 1. The number of aromatic nitrogens is 2. The average Bonchev–Trinajstić information content (AvgIpc) is 2.74. The normalized spacial score (nSPS) is 26.6. The zero-order valence-electron chi connectivity index (χ0n) is 15.3. The summed E-state index contributed by atoms with van der Waals surface area (Å²) in [5.41, 5.74) is 0.833. The van der Waals surface area contributed by atoms with Crippen LogP contribution in [0.15, 0.2) is 36.5 Å². The molecule has 5 atom stereocenters. The van der Waals surface area contributed by atoms with E-state index in [1.165, 1.54) is 7.05 Å². The molecule has 156 valence electrons. The van der Waals surface area contributed by atoms with Crippen molar-refractivity contribution in [3.05, 3.63) is 47.9 Å². The van der Waals surface area contributed by atoms with Gasteiger partial charge in [0.05, 0.1) is 6.20 Å². The van der Waals surface area contributed by atoms with E-state index in [0.717, 1.165) is 11.8 Å². The maximum atomic E-state index is 14.1. The fraction of sp³-hybridized carbons (Fsp3) is 0.389.